The highest BCUT2D eigenvalue weighted by Gasteiger charge is 2.33. The number of hydrogen-bond acceptors (Lipinski definition) is 5. The van der Waals surface area contributed by atoms with Crippen LogP contribution < -0.4 is 14.2 Å². The summed E-state index contributed by atoms with van der Waals surface area (Å²) >= 11 is 0. The van der Waals surface area contributed by atoms with Crippen molar-refractivity contribution in [1.82, 2.24) is 4.90 Å². The number of halogens is 1. The standard InChI is InChI=1S/C28H26FNO4/c1-3-32-24-7-5-4-6-20(24)15-25-26(31)23-14-21-16-30(13-12-19-8-10-22(29)11-9-19)17-33-27(21)18(2)28(23)34-25/h4-11,14-15H,3,12-13,16-17H2,1-2H3/b25-15-. The number of ketones is 1. The summed E-state index contributed by atoms with van der Waals surface area (Å²) in [7, 11) is 0. The molecule has 0 amide bonds. The molecule has 6 heteroatoms. The highest BCUT2D eigenvalue weighted by molar-refractivity contribution is 6.15. The Kier molecular flexibility index (Phi) is 6.07. The third-order valence-corrected chi connectivity index (χ3v) is 6.14. The van der Waals surface area contributed by atoms with E-state index in [1.165, 1.54) is 12.1 Å². The number of carbonyl (C=O) groups excluding carboxylic acids is 1. The second-order valence-corrected chi connectivity index (χ2v) is 8.48. The Morgan fingerprint density at radius 1 is 1.12 bits per heavy atom. The summed E-state index contributed by atoms with van der Waals surface area (Å²) in [5.74, 6) is 1.95. The number of ether oxygens (including phenoxy) is 3. The van der Waals surface area contributed by atoms with Gasteiger partial charge in [-0.05, 0) is 56.2 Å². The molecule has 0 fully saturated rings. The van der Waals surface area contributed by atoms with Gasteiger partial charge in [0.25, 0.3) is 0 Å². The minimum absolute atomic E-state index is 0.143. The highest BCUT2D eigenvalue weighted by atomic mass is 19.1. The minimum Gasteiger partial charge on any atom is -0.493 e. The van der Waals surface area contributed by atoms with Crippen LogP contribution >= 0.6 is 0 Å². The second-order valence-electron chi connectivity index (χ2n) is 8.48. The fraction of sp³-hybridized carbons (Fsp3) is 0.250. The molecule has 2 aliphatic heterocycles. The van der Waals surface area contributed by atoms with Gasteiger partial charge in [0, 0.05) is 29.8 Å². The van der Waals surface area contributed by atoms with E-state index in [0.717, 1.165) is 41.0 Å². The SMILES string of the molecule is CCOc1ccccc1/C=C1\Oc2c(cc3c(c2C)OCN(CCc2ccc(F)cc2)C3)C1=O. The topological polar surface area (TPSA) is 48.0 Å². The van der Waals surface area contributed by atoms with Crippen molar-refractivity contribution in [3.63, 3.8) is 0 Å². The van der Waals surface area contributed by atoms with Gasteiger partial charge in [-0.3, -0.25) is 9.69 Å². The molecule has 0 spiro atoms. The van der Waals surface area contributed by atoms with E-state index in [9.17, 15) is 9.18 Å². The zero-order chi connectivity index (χ0) is 23.7. The van der Waals surface area contributed by atoms with Crippen LogP contribution in [0.3, 0.4) is 0 Å². The van der Waals surface area contributed by atoms with Crippen molar-refractivity contribution in [3.05, 3.63) is 94.0 Å². The molecule has 2 aliphatic rings. The lowest BCUT2D eigenvalue weighted by molar-refractivity contribution is 0.0954. The molecule has 5 nitrogen and oxygen atoms in total. The van der Waals surface area contributed by atoms with Crippen molar-refractivity contribution < 1.29 is 23.4 Å². The molecule has 0 unspecified atom stereocenters. The van der Waals surface area contributed by atoms with E-state index < -0.39 is 0 Å². The van der Waals surface area contributed by atoms with Crippen molar-refractivity contribution in [3.8, 4) is 17.2 Å². The molecule has 34 heavy (non-hydrogen) atoms. The molecule has 0 saturated heterocycles. The smallest absolute Gasteiger partial charge is 0.231 e. The maximum Gasteiger partial charge on any atom is 0.231 e. The van der Waals surface area contributed by atoms with Gasteiger partial charge in [0.1, 0.15) is 29.8 Å². The average molecular weight is 460 g/mol. The molecule has 5 rings (SSSR count). The summed E-state index contributed by atoms with van der Waals surface area (Å²) in [5, 5.41) is 0. The molecule has 2 heterocycles. The Balaban J connectivity index is 1.36. The number of benzene rings is 3. The highest BCUT2D eigenvalue weighted by Crippen LogP contribution is 2.43. The van der Waals surface area contributed by atoms with E-state index >= 15 is 0 Å². The van der Waals surface area contributed by atoms with Gasteiger partial charge in [0.2, 0.25) is 5.78 Å². The molecule has 3 aromatic rings. The summed E-state index contributed by atoms with van der Waals surface area (Å²) in [4.78, 5) is 15.4. The number of carbonyl (C=O) groups is 1. The molecule has 0 radical (unpaired) electrons. The lowest BCUT2D eigenvalue weighted by Crippen LogP contribution is -2.34. The maximum atomic E-state index is 13.2. The summed E-state index contributed by atoms with van der Waals surface area (Å²) in [6.07, 6.45) is 2.53. The maximum absolute atomic E-state index is 13.2. The van der Waals surface area contributed by atoms with Crippen molar-refractivity contribution >= 4 is 11.9 Å². The van der Waals surface area contributed by atoms with Gasteiger partial charge in [-0.2, -0.15) is 0 Å². The molecule has 3 aromatic carbocycles. The zero-order valence-corrected chi connectivity index (χ0v) is 19.3. The van der Waals surface area contributed by atoms with Gasteiger partial charge in [0.05, 0.1) is 12.2 Å². The molecule has 0 N–H and O–H groups in total. The summed E-state index contributed by atoms with van der Waals surface area (Å²) in [6, 6.07) is 16.0. The van der Waals surface area contributed by atoms with Crippen LogP contribution in [0.4, 0.5) is 4.39 Å². The van der Waals surface area contributed by atoms with Gasteiger partial charge in [-0.15, -0.1) is 0 Å². The number of Topliss-reactive ketones (excluding diaryl/α,β-unsaturated/α-hetero) is 1. The van der Waals surface area contributed by atoms with Gasteiger partial charge in [-0.1, -0.05) is 30.3 Å². The lowest BCUT2D eigenvalue weighted by atomic mass is 9.99. The fourth-order valence-corrected chi connectivity index (χ4v) is 4.41. The van der Waals surface area contributed by atoms with Gasteiger partial charge in [-0.25, -0.2) is 4.39 Å². The largest absolute Gasteiger partial charge is 0.493 e. The van der Waals surface area contributed by atoms with Crippen molar-refractivity contribution in [2.45, 2.75) is 26.8 Å². The molecule has 0 saturated carbocycles. The van der Waals surface area contributed by atoms with E-state index in [0.29, 0.717) is 36.9 Å². The van der Waals surface area contributed by atoms with E-state index in [1.54, 1.807) is 18.2 Å². The summed E-state index contributed by atoms with van der Waals surface area (Å²) < 4.78 is 30.9. The summed E-state index contributed by atoms with van der Waals surface area (Å²) in [5.41, 5.74) is 4.23. The fourth-order valence-electron chi connectivity index (χ4n) is 4.41. The predicted octanol–water partition coefficient (Wildman–Crippen LogP) is 5.54. The van der Waals surface area contributed by atoms with Crippen LogP contribution in [0.2, 0.25) is 0 Å². The van der Waals surface area contributed by atoms with E-state index in [4.69, 9.17) is 14.2 Å². The Hall–Kier alpha value is -3.64. The lowest BCUT2D eigenvalue weighted by Gasteiger charge is -2.30. The van der Waals surface area contributed by atoms with Gasteiger partial charge in [0.15, 0.2) is 5.76 Å². The van der Waals surface area contributed by atoms with E-state index in [1.807, 2.05) is 44.2 Å². The van der Waals surface area contributed by atoms with E-state index in [2.05, 4.69) is 4.90 Å². The number of fused-ring (bicyclic) bond motifs is 2. The van der Waals surface area contributed by atoms with Crippen molar-refractivity contribution in [2.75, 3.05) is 19.9 Å². The third kappa shape index (κ3) is 4.29. The first-order valence-electron chi connectivity index (χ1n) is 11.5. The Labute approximate surface area is 198 Å². The molecule has 174 valence electrons. The zero-order valence-electron chi connectivity index (χ0n) is 19.3. The number of hydrogen-bond donors (Lipinski definition) is 0. The van der Waals surface area contributed by atoms with Gasteiger partial charge >= 0.3 is 0 Å². The normalized spacial score (nSPS) is 16.1. The first-order valence-corrected chi connectivity index (χ1v) is 11.5. The van der Waals surface area contributed by atoms with Crippen LogP contribution in [0, 0.1) is 12.7 Å². The van der Waals surface area contributed by atoms with Crippen LogP contribution in [-0.4, -0.2) is 30.6 Å². The Bertz CT molecular complexity index is 1270. The van der Waals surface area contributed by atoms with Crippen molar-refractivity contribution in [1.29, 1.82) is 0 Å². The van der Waals surface area contributed by atoms with Crippen LogP contribution in [0.25, 0.3) is 6.08 Å². The van der Waals surface area contributed by atoms with Crippen LogP contribution in [0.5, 0.6) is 17.2 Å². The molecule has 0 atom stereocenters. The average Bonchev–Trinajstić information content (AvgIpc) is 3.15. The molecule has 0 aromatic heterocycles. The molecule has 0 aliphatic carbocycles. The van der Waals surface area contributed by atoms with Gasteiger partial charge < -0.3 is 14.2 Å². The molecular weight excluding hydrogens is 433 g/mol. The Morgan fingerprint density at radius 2 is 1.91 bits per heavy atom. The van der Waals surface area contributed by atoms with Crippen LogP contribution in [0.15, 0.2) is 60.4 Å². The van der Waals surface area contributed by atoms with E-state index in [-0.39, 0.29) is 17.4 Å². The number of nitrogens with zero attached hydrogens (tertiary/aromatic N) is 1. The predicted molar refractivity (Wildman–Crippen MR) is 128 cm³/mol. The minimum atomic E-state index is -0.231. The third-order valence-electron chi connectivity index (χ3n) is 6.14. The molecular formula is C28H26FNO4. The first kappa shape index (κ1) is 22.2. The number of para-hydroxylation sites is 1. The monoisotopic (exact) mass is 459 g/mol. The number of rotatable bonds is 6. The number of allylic oxidation sites excluding steroid dienone is 1. The summed E-state index contributed by atoms with van der Waals surface area (Å²) in [6.45, 7) is 6.28. The molecule has 0 bridgehead atoms. The Morgan fingerprint density at radius 3 is 2.71 bits per heavy atom. The van der Waals surface area contributed by atoms with Crippen LogP contribution in [-0.2, 0) is 13.0 Å². The quantitative estimate of drug-likeness (QED) is 0.453. The van der Waals surface area contributed by atoms with Crippen LogP contribution in [0.1, 0.15) is 39.5 Å². The second kappa shape index (κ2) is 9.31. The first-order chi connectivity index (χ1) is 16.5. The van der Waals surface area contributed by atoms with Crippen molar-refractivity contribution in [2.24, 2.45) is 0 Å².